The molecule has 0 N–H and O–H groups in total. The van der Waals surface area contributed by atoms with E-state index in [1.54, 1.807) is 0 Å². The van der Waals surface area contributed by atoms with Gasteiger partial charge in [0.2, 0.25) is 0 Å². The first-order valence-electron chi connectivity index (χ1n) is 12.2. The van der Waals surface area contributed by atoms with Crippen molar-refractivity contribution in [3.05, 3.63) is 70.8 Å². The lowest BCUT2D eigenvalue weighted by molar-refractivity contribution is 0.407. The zero-order valence-corrected chi connectivity index (χ0v) is 22.5. The first-order valence-corrected chi connectivity index (χ1v) is 12.2. The third kappa shape index (κ3) is 17.6. The molecule has 0 aromatic heterocycles. The van der Waals surface area contributed by atoms with Crippen LogP contribution in [0.2, 0.25) is 0 Å². The molecular weight excluding hydrogens is 396 g/mol. The first-order chi connectivity index (χ1) is 14.0. The molecule has 0 heterocycles. The van der Waals surface area contributed by atoms with Crippen LogP contribution in [0.5, 0.6) is 0 Å². The molecule has 0 radical (unpaired) electrons. The Labute approximate surface area is 209 Å². The summed E-state index contributed by atoms with van der Waals surface area (Å²) >= 11 is 0. The van der Waals surface area contributed by atoms with Crippen LogP contribution in [0, 0.1) is 22.2 Å². The van der Waals surface area contributed by atoms with Gasteiger partial charge >= 0.3 is 0 Å². The maximum atomic E-state index is 2.37. The summed E-state index contributed by atoms with van der Waals surface area (Å²) in [4.78, 5) is 0. The van der Waals surface area contributed by atoms with Gasteiger partial charge in [0.1, 0.15) is 0 Å². The Kier molecular flexibility index (Phi) is 14.2. The van der Waals surface area contributed by atoms with Gasteiger partial charge in [-0.25, -0.2) is 0 Å². The molecule has 0 heteroatoms. The van der Waals surface area contributed by atoms with Crippen LogP contribution < -0.4 is 0 Å². The van der Waals surface area contributed by atoms with Crippen LogP contribution in [-0.2, 0) is 25.7 Å². The third-order valence-corrected chi connectivity index (χ3v) is 4.86. The van der Waals surface area contributed by atoms with Crippen molar-refractivity contribution in [3.63, 3.8) is 0 Å². The topological polar surface area (TPSA) is 0 Å². The normalized spacial score (nSPS) is 11.8. The van der Waals surface area contributed by atoms with Gasteiger partial charge in [-0.1, -0.05) is 140 Å². The number of benzene rings is 2. The van der Waals surface area contributed by atoms with Crippen molar-refractivity contribution in [1.82, 2.24) is 0 Å². The lowest BCUT2D eigenvalue weighted by Gasteiger charge is -2.20. The van der Waals surface area contributed by atoms with Crippen LogP contribution in [-0.4, -0.2) is 0 Å². The second kappa shape index (κ2) is 14.0. The molecular formula is C33H58. The molecule has 0 saturated heterocycles. The zero-order chi connectivity index (χ0) is 23.9. The predicted octanol–water partition coefficient (Wildman–Crippen LogP) is 10.6. The van der Waals surface area contributed by atoms with Gasteiger partial charge in [-0.15, -0.1) is 0 Å². The molecule has 0 nitrogen and oxygen atoms in total. The van der Waals surface area contributed by atoms with Crippen molar-refractivity contribution in [3.8, 4) is 0 Å². The summed E-state index contributed by atoms with van der Waals surface area (Å²) in [6.07, 6.45) is 4.67. The minimum Gasteiger partial charge on any atom is -0.0776 e. The van der Waals surface area contributed by atoms with Gasteiger partial charge in [0.05, 0.1) is 0 Å². The average molecular weight is 455 g/mol. The molecule has 33 heavy (non-hydrogen) atoms. The van der Waals surface area contributed by atoms with E-state index < -0.39 is 0 Å². The molecule has 0 atom stereocenters. The Bertz CT molecular complexity index is 720. The summed E-state index contributed by atoms with van der Waals surface area (Å²) in [5, 5.41) is 0. The van der Waals surface area contributed by atoms with E-state index in [1.807, 2.05) is 0 Å². The molecule has 0 fully saturated rings. The predicted molar refractivity (Wildman–Crippen MR) is 154 cm³/mol. The number of hydrogen-bond donors (Lipinski definition) is 0. The highest BCUT2D eigenvalue weighted by Gasteiger charge is 2.13. The molecule has 0 saturated carbocycles. The SMILES string of the molecule is C.C.CC(C)(C)Cc1ccc(CC(C)(C)C)cc1.CC(C)Cc1cccc(CC(C)(C)C)c1. The average Bonchev–Trinajstić information content (AvgIpc) is 2.53. The Morgan fingerprint density at radius 3 is 1.18 bits per heavy atom. The molecule has 0 aliphatic carbocycles. The first kappa shape index (κ1) is 33.6. The fraction of sp³-hybridized carbons (Fsp3) is 0.636. The molecule has 0 aliphatic heterocycles. The van der Waals surface area contributed by atoms with Gasteiger partial charge in [0.15, 0.2) is 0 Å². The third-order valence-electron chi connectivity index (χ3n) is 4.86. The highest BCUT2D eigenvalue weighted by Crippen LogP contribution is 2.24. The minimum atomic E-state index is 0. The van der Waals surface area contributed by atoms with Crippen LogP contribution in [0.15, 0.2) is 48.5 Å². The van der Waals surface area contributed by atoms with Crippen molar-refractivity contribution in [2.75, 3.05) is 0 Å². The Balaban J connectivity index is 0. The van der Waals surface area contributed by atoms with Gasteiger partial charge in [-0.05, 0) is 70.1 Å². The Hall–Kier alpha value is -1.56. The zero-order valence-electron chi connectivity index (χ0n) is 22.5. The number of hydrogen-bond acceptors (Lipinski definition) is 0. The van der Waals surface area contributed by atoms with Crippen LogP contribution in [0.1, 0.15) is 113 Å². The second-order valence-electron chi connectivity index (χ2n) is 13.4. The maximum Gasteiger partial charge on any atom is -0.0230 e. The van der Waals surface area contributed by atoms with Gasteiger partial charge < -0.3 is 0 Å². The van der Waals surface area contributed by atoms with Crippen LogP contribution in [0.3, 0.4) is 0 Å². The van der Waals surface area contributed by atoms with Crippen molar-refractivity contribution in [2.24, 2.45) is 22.2 Å². The van der Waals surface area contributed by atoms with E-state index in [0.717, 1.165) is 18.8 Å². The fourth-order valence-corrected chi connectivity index (χ4v) is 3.95. The van der Waals surface area contributed by atoms with Gasteiger partial charge in [-0.2, -0.15) is 0 Å². The van der Waals surface area contributed by atoms with Crippen LogP contribution in [0.4, 0.5) is 0 Å². The van der Waals surface area contributed by atoms with E-state index >= 15 is 0 Å². The van der Waals surface area contributed by atoms with Crippen LogP contribution >= 0.6 is 0 Å². The molecule has 0 amide bonds. The summed E-state index contributed by atoms with van der Waals surface area (Å²) in [5.41, 5.74) is 7.00. The smallest absolute Gasteiger partial charge is 0.0230 e. The second-order valence-corrected chi connectivity index (χ2v) is 13.4. The number of rotatable bonds is 5. The summed E-state index contributed by atoms with van der Waals surface area (Å²) < 4.78 is 0. The monoisotopic (exact) mass is 454 g/mol. The van der Waals surface area contributed by atoms with E-state index in [1.165, 1.54) is 35.1 Å². The molecule has 2 rings (SSSR count). The van der Waals surface area contributed by atoms with E-state index in [0.29, 0.717) is 16.2 Å². The molecule has 0 aliphatic rings. The Morgan fingerprint density at radius 2 is 0.848 bits per heavy atom. The van der Waals surface area contributed by atoms with E-state index in [2.05, 4.69) is 125 Å². The fourth-order valence-electron chi connectivity index (χ4n) is 3.95. The highest BCUT2D eigenvalue weighted by molar-refractivity contribution is 5.25. The summed E-state index contributed by atoms with van der Waals surface area (Å²) in [7, 11) is 0. The summed E-state index contributed by atoms with van der Waals surface area (Å²) in [6, 6.07) is 18.2. The molecule has 2 aromatic rings. The standard InChI is InChI=1S/C16H26.C15H24.2CH4/c1-15(2,3)11-13-7-9-14(10-8-13)12-16(4,5)6;1-12(2)9-13-7-6-8-14(10-13)11-15(3,4)5;;/h7-10H,11-12H2,1-6H3;6-8,10,12H,9,11H2,1-5H3;2*1H4. The van der Waals surface area contributed by atoms with Gasteiger partial charge in [-0.3, -0.25) is 0 Å². The van der Waals surface area contributed by atoms with E-state index in [4.69, 9.17) is 0 Å². The van der Waals surface area contributed by atoms with Crippen LogP contribution in [0.25, 0.3) is 0 Å². The molecule has 190 valence electrons. The molecule has 2 aromatic carbocycles. The van der Waals surface area contributed by atoms with Gasteiger partial charge in [0, 0.05) is 0 Å². The maximum absolute atomic E-state index is 2.37. The van der Waals surface area contributed by atoms with Crippen molar-refractivity contribution >= 4 is 0 Å². The van der Waals surface area contributed by atoms with Crippen molar-refractivity contribution < 1.29 is 0 Å². The van der Waals surface area contributed by atoms with Gasteiger partial charge in [0.25, 0.3) is 0 Å². The molecule has 0 spiro atoms. The molecule has 0 bridgehead atoms. The lowest BCUT2D eigenvalue weighted by atomic mass is 9.85. The van der Waals surface area contributed by atoms with E-state index in [9.17, 15) is 0 Å². The summed E-state index contributed by atoms with van der Waals surface area (Å²) in [6.45, 7) is 25.2. The lowest BCUT2D eigenvalue weighted by Crippen LogP contribution is -2.10. The van der Waals surface area contributed by atoms with E-state index in [-0.39, 0.29) is 14.9 Å². The Morgan fingerprint density at radius 1 is 0.515 bits per heavy atom. The highest BCUT2D eigenvalue weighted by atomic mass is 14.2. The molecule has 0 unspecified atom stereocenters. The van der Waals surface area contributed by atoms with Crippen molar-refractivity contribution in [1.29, 1.82) is 0 Å². The van der Waals surface area contributed by atoms with Crippen molar-refractivity contribution in [2.45, 2.75) is 117 Å². The largest absolute Gasteiger partial charge is 0.0776 e. The quantitative estimate of drug-likeness (QED) is 0.421. The minimum absolute atomic E-state index is 0. The summed E-state index contributed by atoms with van der Waals surface area (Å²) in [5.74, 6) is 0.745.